The van der Waals surface area contributed by atoms with Crippen molar-refractivity contribution in [1.29, 1.82) is 0 Å². The van der Waals surface area contributed by atoms with Gasteiger partial charge in [0.15, 0.2) is 0 Å². The number of quaternary nitrogens is 1. The molecule has 5 heteroatoms. The van der Waals surface area contributed by atoms with Crippen LogP contribution in [0.15, 0.2) is 24.3 Å². The molecule has 0 fully saturated rings. The van der Waals surface area contributed by atoms with E-state index >= 15 is 0 Å². The number of nitrogens with one attached hydrogen (secondary N) is 1. The molecule has 1 aliphatic heterocycles. The summed E-state index contributed by atoms with van der Waals surface area (Å²) >= 11 is 0. The molecule has 1 aromatic rings. The van der Waals surface area contributed by atoms with Gasteiger partial charge >= 0.3 is 0 Å². The van der Waals surface area contributed by atoms with Crippen LogP contribution in [0.3, 0.4) is 0 Å². The lowest BCUT2D eigenvalue weighted by Gasteiger charge is -2.26. The molecule has 2 atom stereocenters. The Morgan fingerprint density at radius 1 is 1.25 bits per heavy atom. The summed E-state index contributed by atoms with van der Waals surface area (Å²) in [6, 6.07) is 8.90. The molecule has 20 heavy (non-hydrogen) atoms. The first kappa shape index (κ1) is 15.5. The third-order valence-electron chi connectivity index (χ3n) is 4.66. The first-order valence-corrected chi connectivity index (χ1v) is 8.70. The Kier molecular flexibility index (Phi) is 4.23. The number of benzene rings is 1. The van der Waals surface area contributed by atoms with Crippen LogP contribution >= 0.6 is 0 Å². The van der Waals surface area contributed by atoms with Gasteiger partial charge in [-0.15, -0.1) is 0 Å². The van der Waals surface area contributed by atoms with Crippen molar-refractivity contribution in [3.05, 3.63) is 29.8 Å². The summed E-state index contributed by atoms with van der Waals surface area (Å²) in [5.41, 5.74) is 2.81. The molecule has 0 aromatic heterocycles. The molecule has 2 rings (SSSR count). The van der Waals surface area contributed by atoms with Gasteiger partial charge in [0.05, 0.1) is 22.7 Å². The van der Waals surface area contributed by atoms with Gasteiger partial charge in [-0.3, -0.25) is 4.90 Å². The maximum atomic E-state index is 10.6. The molecule has 1 aliphatic rings. The lowest BCUT2D eigenvalue weighted by Crippen LogP contribution is -3.10. The first-order chi connectivity index (χ1) is 9.23. The van der Waals surface area contributed by atoms with Crippen molar-refractivity contribution in [1.82, 2.24) is 0 Å². The van der Waals surface area contributed by atoms with Gasteiger partial charge in [-0.25, -0.2) is 8.42 Å². The average molecular weight is 297 g/mol. The smallest absolute Gasteiger partial charge is 0.135 e. The second-order valence-corrected chi connectivity index (χ2v) is 7.76. The summed E-state index contributed by atoms with van der Waals surface area (Å²) in [5, 5.41) is 0. The standard InChI is InChI=1S/C15H23NO3S/c1-12-15(2,3)13-8-4-5-9-14(13)16(12)10-6-7-11-20(17,18)19/h4-5,8-9,12H,6-7,10-11H2,1-3H3,(H,17,18,19). The van der Waals surface area contributed by atoms with E-state index in [1.807, 2.05) is 0 Å². The lowest BCUT2D eigenvalue weighted by molar-refractivity contribution is -0.856. The average Bonchev–Trinajstić information content (AvgIpc) is 2.54. The summed E-state index contributed by atoms with van der Waals surface area (Å²) in [5.74, 6) is -0.250. The van der Waals surface area contributed by atoms with E-state index < -0.39 is 10.1 Å². The van der Waals surface area contributed by atoms with Crippen molar-refractivity contribution in [2.75, 3.05) is 12.3 Å². The van der Waals surface area contributed by atoms with Gasteiger partial charge in [0.1, 0.15) is 5.69 Å². The van der Waals surface area contributed by atoms with Crippen LogP contribution < -0.4 is 4.90 Å². The van der Waals surface area contributed by atoms with Gasteiger partial charge in [-0.2, -0.15) is 0 Å². The highest BCUT2D eigenvalue weighted by Gasteiger charge is 2.45. The van der Waals surface area contributed by atoms with E-state index in [-0.39, 0.29) is 11.2 Å². The van der Waals surface area contributed by atoms with Gasteiger partial charge in [-0.05, 0) is 39.7 Å². The summed E-state index contributed by atoms with van der Waals surface area (Å²) in [6.07, 6.45) is 1.20. The summed E-state index contributed by atoms with van der Waals surface area (Å²) < 4.78 is 31.9. The molecule has 1 N–H and O–H groups in total. The topological polar surface area (TPSA) is 61.6 Å². The summed E-state index contributed by atoms with van der Waals surface area (Å²) in [6.45, 7) is 7.62. The zero-order chi connectivity index (χ0) is 15.0. The fraction of sp³-hybridized carbons (Fsp3) is 0.600. The van der Waals surface area contributed by atoms with Crippen LogP contribution in [0, 0.1) is 0 Å². The molecule has 0 spiro atoms. The van der Waals surface area contributed by atoms with Crippen LogP contribution in [0.1, 0.15) is 39.2 Å². The minimum absolute atomic E-state index is 0.122. The SMILES string of the molecule is CC1[NH+](CCCCS(=O)(=O)[O-])c2ccccc2C1(C)C. The Balaban J connectivity index is 2.06. The third-order valence-corrected chi connectivity index (χ3v) is 5.45. The summed E-state index contributed by atoms with van der Waals surface area (Å²) in [4.78, 5) is 1.40. The molecule has 0 saturated heterocycles. The molecule has 112 valence electrons. The van der Waals surface area contributed by atoms with Gasteiger partial charge < -0.3 is 4.55 Å². The Hall–Kier alpha value is -0.910. The number of rotatable bonds is 5. The van der Waals surface area contributed by atoms with Crippen LogP contribution in [0.5, 0.6) is 0 Å². The number of unbranched alkanes of at least 4 members (excludes halogenated alkanes) is 1. The largest absolute Gasteiger partial charge is 0.748 e. The van der Waals surface area contributed by atoms with E-state index in [1.165, 1.54) is 16.2 Å². The van der Waals surface area contributed by atoms with E-state index in [2.05, 4.69) is 45.0 Å². The molecule has 2 unspecified atom stereocenters. The molecular weight excluding hydrogens is 274 g/mol. The molecule has 4 nitrogen and oxygen atoms in total. The highest BCUT2D eigenvalue weighted by atomic mass is 32.2. The monoisotopic (exact) mass is 297 g/mol. The molecule has 0 aliphatic carbocycles. The molecule has 0 saturated carbocycles. The first-order valence-electron chi connectivity index (χ1n) is 7.12. The van der Waals surface area contributed by atoms with E-state index in [9.17, 15) is 13.0 Å². The zero-order valence-corrected chi connectivity index (χ0v) is 13.2. The predicted molar refractivity (Wildman–Crippen MR) is 78.2 cm³/mol. The minimum Gasteiger partial charge on any atom is -0.748 e. The predicted octanol–water partition coefficient (Wildman–Crippen LogP) is 1.21. The highest BCUT2D eigenvalue weighted by molar-refractivity contribution is 7.85. The quantitative estimate of drug-likeness (QED) is 0.656. The number of fused-ring (bicyclic) bond motifs is 1. The van der Waals surface area contributed by atoms with Crippen molar-refractivity contribution >= 4 is 15.8 Å². The molecular formula is C15H23NO3S. The van der Waals surface area contributed by atoms with E-state index in [0.29, 0.717) is 12.5 Å². The van der Waals surface area contributed by atoms with E-state index in [4.69, 9.17) is 0 Å². The van der Waals surface area contributed by atoms with Crippen molar-refractivity contribution < 1.29 is 17.9 Å². The Morgan fingerprint density at radius 2 is 1.90 bits per heavy atom. The number of hydrogen-bond acceptors (Lipinski definition) is 3. The Morgan fingerprint density at radius 3 is 2.55 bits per heavy atom. The molecule has 0 bridgehead atoms. The van der Waals surface area contributed by atoms with Crippen LogP contribution in [-0.2, 0) is 15.5 Å². The van der Waals surface area contributed by atoms with Crippen molar-refractivity contribution in [3.8, 4) is 0 Å². The van der Waals surface area contributed by atoms with Crippen LogP contribution in [0.25, 0.3) is 0 Å². The van der Waals surface area contributed by atoms with Crippen LogP contribution in [0.4, 0.5) is 5.69 Å². The maximum absolute atomic E-state index is 10.6. The van der Waals surface area contributed by atoms with Crippen LogP contribution in [-0.4, -0.2) is 31.3 Å². The van der Waals surface area contributed by atoms with Crippen LogP contribution in [0.2, 0.25) is 0 Å². The second kappa shape index (κ2) is 5.47. The molecule has 1 aromatic carbocycles. The summed E-state index contributed by atoms with van der Waals surface area (Å²) in [7, 11) is -4.08. The highest BCUT2D eigenvalue weighted by Crippen LogP contribution is 2.35. The van der Waals surface area contributed by atoms with Gasteiger partial charge in [0.2, 0.25) is 0 Å². The van der Waals surface area contributed by atoms with Crippen molar-refractivity contribution in [3.63, 3.8) is 0 Å². The van der Waals surface area contributed by atoms with E-state index in [0.717, 1.165) is 13.0 Å². The second-order valence-electron chi connectivity index (χ2n) is 6.23. The molecule has 1 heterocycles. The maximum Gasteiger partial charge on any atom is 0.135 e. The molecule has 0 radical (unpaired) electrons. The molecule has 0 amide bonds. The lowest BCUT2D eigenvalue weighted by atomic mass is 9.81. The van der Waals surface area contributed by atoms with Crippen molar-refractivity contribution in [2.24, 2.45) is 0 Å². The van der Waals surface area contributed by atoms with Gasteiger partial charge in [0, 0.05) is 16.7 Å². The number of para-hydroxylation sites is 1. The van der Waals surface area contributed by atoms with Gasteiger partial charge in [0.25, 0.3) is 0 Å². The number of hydrogen-bond donors (Lipinski definition) is 1. The zero-order valence-electron chi connectivity index (χ0n) is 12.3. The Labute approximate surface area is 121 Å². The Bertz CT molecular complexity index is 581. The van der Waals surface area contributed by atoms with Gasteiger partial charge in [-0.1, -0.05) is 18.2 Å². The van der Waals surface area contributed by atoms with Crippen molar-refractivity contribution in [2.45, 2.75) is 45.1 Å². The fourth-order valence-electron chi connectivity index (χ4n) is 3.17. The normalized spacial score (nSPS) is 24.6. The third kappa shape index (κ3) is 3.05. The minimum atomic E-state index is -4.08. The van der Waals surface area contributed by atoms with E-state index in [1.54, 1.807) is 0 Å². The fourth-order valence-corrected chi connectivity index (χ4v) is 3.73.